The predicted molar refractivity (Wildman–Crippen MR) is 83.9 cm³/mol. The number of nitrogens with one attached hydrogen (secondary N) is 1. The van der Waals surface area contributed by atoms with Crippen molar-refractivity contribution in [2.45, 2.75) is 4.90 Å². The van der Waals surface area contributed by atoms with Crippen molar-refractivity contribution in [2.24, 2.45) is 0 Å². The van der Waals surface area contributed by atoms with Crippen LogP contribution in [0.2, 0.25) is 5.15 Å². The highest BCUT2D eigenvalue weighted by molar-refractivity contribution is 7.92. The number of rotatable bonds is 3. The van der Waals surface area contributed by atoms with Crippen LogP contribution in [0.3, 0.4) is 0 Å². The number of benzene rings is 2. The SMILES string of the molecule is O=S(=O)(Nc1cc2ccccc2nc1Cl)c1cc(F)c(F)c(F)c1. The van der Waals surface area contributed by atoms with E-state index in [1.54, 1.807) is 24.3 Å². The second-order valence-corrected chi connectivity index (χ2v) is 6.87. The van der Waals surface area contributed by atoms with E-state index in [1.165, 1.54) is 6.07 Å². The van der Waals surface area contributed by atoms with Gasteiger partial charge in [0.05, 0.1) is 16.1 Å². The van der Waals surface area contributed by atoms with Gasteiger partial charge in [-0.15, -0.1) is 0 Å². The third-order valence-electron chi connectivity index (χ3n) is 3.19. The summed E-state index contributed by atoms with van der Waals surface area (Å²) in [7, 11) is -4.39. The summed E-state index contributed by atoms with van der Waals surface area (Å²) in [4.78, 5) is 3.26. The largest absolute Gasteiger partial charge is 0.276 e. The highest BCUT2D eigenvalue weighted by atomic mass is 35.5. The Kier molecular flexibility index (Phi) is 4.10. The molecule has 124 valence electrons. The summed E-state index contributed by atoms with van der Waals surface area (Å²) in [5.41, 5.74) is 0.477. The van der Waals surface area contributed by atoms with E-state index in [2.05, 4.69) is 9.71 Å². The number of hydrogen-bond donors (Lipinski definition) is 1. The lowest BCUT2D eigenvalue weighted by Crippen LogP contribution is -2.14. The van der Waals surface area contributed by atoms with Gasteiger partial charge in [-0.05, 0) is 24.3 Å². The van der Waals surface area contributed by atoms with Gasteiger partial charge in [0.25, 0.3) is 10.0 Å². The fraction of sp³-hybridized carbons (Fsp3) is 0. The molecule has 3 rings (SSSR count). The molecule has 0 fully saturated rings. The maximum Gasteiger partial charge on any atom is 0.262 e. The number of para-hydroxylation sites is 1. The fourth-order valence-electron chi connectivity index (χ4n) is 2.06. The monoisotopic (exact) mass is 372 g/mol. The first-order chi connectivity index (χ1) is 11.3. The predicted octanol–water partition coefficient (Wildman–Crippen LogP) is 4.11. The Balaban J connectivity index is 2.05. The number of fused-ring (bicyclic) bond motifs is 1. The Morgan fingerprint density at radius 1 is 1.00 bits per heavy atom. The lowest BCUT2D eigenvalue weighted by molar-refractivity contribution is 0.442. The van der Waals surface area contributed by atoms with Gasteiger partial charge in [-0.2, -0.15) is 0 Å². The summed E-state index contributed by atoms with van der Waals surface area (Å²) in [5, 5.41) is 0.469. The van der Waals surface area contributed by atoms with Crippen LogP contribution in [-0.4, -0.2) is 13.4 Å². The first kappa shape index (κ1) is 16.5. The Morgan fingerprint density at radius 2 is 1.62 bits per heavy atom. The van der Waals surface area contributed by atoms with Crippen LogP contribution >= 0.6 is 11.6 Å². The fourth-order valence-corrected chi connectivity index (χ4v) is 3.38. The Bertz CT molecular complexity index is 1030. The minimum atomic E-state index is -4.39. The Morgan fingerprint density at radius 3 is 2.29 bits per heavy atom. The molecule has 0 radical (unpaired) electrons. The van der Waals surface area contributed by atoms with Crippen molar-refractivity contribution >= 4 is 38.2 Å². The second-order valence-electron chi connectivity index (χ2n) is 4.83. The second kappa shape index (κ2) is 5.95. The van der Waals surface area contributed by atoms with Gasteiger partial charge in [0.15, 0.2) is 22.6 Å². The summed E-state index contributed by atoms with van der Waals surface area (Å²) in [5.74, 6) is -4.98. The zero-order valence-corrected chi connectivity index (χ0v) is 13.3. The Hall–Kier alpha value is -2.32. The minimum Gasteiger partial charge on any atom is -0.276 e. The third-order valence-corrected chi connectivity index (χ3v) is 4.82. The molecular weight excluding hydrogens is 365 g/mol. The quantitative estimate of drug-likeness (QED) is 0.556. The molecule has 0 bridgehead atoms. The van der Waals surface area contributed by atoms with Crippen molar-refractivity contribution in [3.63, 3.8) is 0 Å². The summed E-state index contributed by atoms with van der Waals surface area (Å²) in [6.07, 6.45) is 0. The minimum absolute atomic E-state index is 0.0690. The summed E-state index contributed by atoms with van der Waals surface area (Å²) in [6, 6.07) is 9.02. The van der Waals surface area contributed by atoms with E-state index < -0.39 is 32.4 Å². The summed E-state index contributed by atoms with van der Waals surface area (Å²) >= 11 is 5.94. The molecule has 24 heavy (non-hydrogen) atoms. The molecule has 9 heteroatoms. The molecule has 2 aromatic carbocycles. The highest BCUT2D eigenvalue weighted by Gasteiger charge is 2.21. The molecule has 3 aromatic rings. The molecule has 0 atom stereocenters. The van der Waals surface area contributed by atoms with Crippen molar-refractivity contribution in [1.29, 1.82) is 0 Å². The zero-order chi connectivity index (χ0) is 17.5. The van der Waals surface area contributed by atoms with Crippen LogP contribution in [0.5, 0.6) is 0 Å². The number of aromatic nitrogens is 1. The summed E-state index contributed by atoms with van der Waals surface area (Å²) in [6.45, 7) is 0. The molecule has 0 saturated heterocycles. The van der Waals surface area contributed by atoms with E-state index in [-0.39, 0.29) is 10.8 Å². The van der Waals surface area contributed by atoms with E-state index in [9.17, 15) is 21.6 Å². The normalized spacial score (nSPS) is 11.7. The molecule has 0 saturated carbocycles. The van der Waals surface area contributed by atoms with Gasteiger partial charge in [-0.1, -0.05) is 29.8 Å². The van der Waals surface area contributed by atoms with Crippen LogP contribution < -0.4 is 4.72 Å². The maximum atomic E-state index is 13.3. The molecule has 0 aliphatic rings. The average molecular weight is 373 g/mol. The molecule has 0 aliphatic carbocycles. The molecule has 1 heterocycles. The topological polar surface area (TPSA) is 59.1 Å². The van der Waals surface area contributed by atoms with Crippen LogP contribution in [0.4, 0.5) is 18.9 Å². The standard InChI is InChI=1S/C15H8ClF3N2O2S/c16-15-13(5-8-3-1-2-4-12(8)20-15)21-24(22,23)9-6-10(17)14(19)11(18)7-9/h1-7,21H. The molecule has 0 aliphatic heterocycles. The van der Waals surface area contributed by atoms with Gasteiger partial charge in [0, 0.05) is 5.39 Å². The first-order valence-electron chi connectivity index (χ1n) is 6.50. The molecule has 0 amide bonds. The van der Waals surface area contributed by atoms with Crippen molar-refractivity contribution in [1.82, 2.24) is 4.98 Å². The van der Waals surface area contributed by atoms with Gasteiger partial charge < -0.3 is 0 Å². The van der Waals surface area contributed by atoms with Crippen molar-refractivity contribution in [3.8, 4) is 0 Å². The molecule has 0 unspecified atom stereocenters. The maximum absolute atomic E-state index is 13.3. The summed E-state index contributed by atoms with van der Waals surface area (Å²) < 4.78 is 66.1. The van der Waals surface area contributed by atoms with Gasteiger partial charge in [-0.25, -0.2) is 26.6 Å². The van der Waals surface area contributed by atoms with E-state index in [0.717, 1.165) is 0 Å². The number of halogens is 4. The van der Waals surface area contributed by atoms with Crippen LogP contribution in [0.15, 0.2) is 47.4 Å². The average Bonchev–Trinajstić information content (AvgIpc) is 2.52. The number of nitrogens with zero attached hydrogens (tertiary/aromatic N) is 1. The van der Waals surface area contributed by atoms with Crippen molar-refractivity contribution < 1.29 is 21.6 Å². The van der Waals surface area contributed by atoms with E-state index in [1.807, 2.05) is 0 Å². The third kappa shape index (κ3) is 3.02. The molecule has 1 N–H and O–H groups in total. The van der Waals surface area contributed by atoms with Gasteiger partial charge >= 0.3 is 0 Å². The van der Waals surface area contributed by atoms with E-state index in [0.29, 0.717) is 23.0 Å². The lowest BCUT2D eigenvalue weighted by Gasteiger charge is -2.11. The van der Waals surface area contributed by atoms with Crippen LogP contribution in [0.25, 0.3) is 10.9 Å². The zero-order valence-electron chi connectivity index (χ0n) is 11.7. The molecular formula is C15H8ClF3N2O2S. The first-order valence-corrected chi connectivity index (χ1v) is 8.37. The van der Waals surface area contributed by atoms with Crippen LogP contribution in [0, 0.1) is 17.5 Å². The molecule has 4 nitrogen and oxygen atoms in total. The van der Waals surface area contributed by atoms with Crippen molar-refractivity contribution in [2.75, 3.05) is 4.72 Å². The smallest absolute Gasteiger partial charge is 0.262 e. The number of anilines is 1. The van der Waals surface area contributed by atoms with Gasteiger partial charge in [0.2, 0.25) is 0 Å². The molecule has 0 spiro atoms. The number of hydrogen-bond acceptors (Lipinski definition) is 3. The van der Waals surface area contributed by atoms with E-state index in [4.69, 9.17) is 11.6 Å². The van der Waals surface area contributed by atoms with Gasteiger partial charge in [-0.3, -0.25) is 4.72 Å². The number of pyridine rings is 1. The molecule has 1 aromatic heterocycles. The lowest BCUT2D eigenvalue weighted by atomic mass is 10.2. The number of sulfonamides is 1. The van der Waals surface area contributed by atoms with Crippen LogP contribution in [-0.2, 0) is 10.0 Å². The van der Waals surface area contributed by atoms with Crippen molar-refractivity contribution in [3.05, 3.63) is 65.1 Å². The van der Waals surface area contributed by atoms with Gasteiger partial charge in [0.1, 0.15) is 0 Å². The Labute approximate surface area is 140 Å². The van der Waals surface area contributed by atoms with Crippen LogP contribution in [0.1, 0.15) is 0 Å². The highest BCUT2D eigenvalue weighted by Crippen LogP contribution is 2.27. The van der Waals surface area contributed by atoms with E-state index >= 15 is 0 Å².